The lowest BCUT2D eigenvalue weighted by Crippen LogP contribution is -2.38. The summed E-state index contributed by atoms with van der Waals surface area (Å²) in [4.78, 5) is 26.9. The molecule has 0 spiro atoms. The molecular formula is C27H31NO5. The Morgan fingerprint density at radius 1 is 1.06 bits per heavy atom. The summed E-state index contributed by atoms with van der Waals surface area (Å²) < 4.78 is 10.7. The van der Waals surface area contributed by atoms with Crippen LogP contribution in [0.4, 0.5) is 5.69 Å². The van der Waals surface area contributed by atoms with Gasteiger partial charge in [0.25, 0.3) is 0 Å². The fourth-order valence-corrected chi connectivity index (χ4v) is 4.74. The zero-order valence-corrected chi connectivity index (χ0v) is 19.3. The molecule has 1 N–H and O–H groups in total. The molecule has 33 heavy (non-hydrogen) atoms. The first-order valence-electron chi connectivity index (χ1n) is 11.6. The smallest absolute Gasteiger partial charge is 0.340 e. The van der Waals surface area contributed by atoms with E-state index in [2.05, 4.69) is 0 Å². The first-order chi connectivity index (χ1) is 15.9. The van der Waals surface area contributed by atoms with E-state index in [0.717, 1.165) is 55.3 Å². The molecule has 0 amide bonds. The van der Waals surface area contributed by atoms with E-state index in [1.54, 1.807) is 6.07 Å². The number of rotatable bonds is 6. The Kier molecular flexibility index (Phi) is 6.84. The molecule has 1 saturated carbocycles. The van der Waals surface area contributed by atoms with Crippen LogP contribution in [0.3, 0.4) is 0 Å². The molecule has 1 fully saturated rings. The van der Waals surface area contributed by atoms with E-state index < -0.39 is 17.7 Å². The molecule has 2 aromatic rings. The monoisotopic (exact) mass is 449 g/mol. The number of carbonyl (C=O) groups is 2. The van der Waals surface area contributed by atoms with E-state index >= 15 is 0 Å². The van der Waals surface area contributed by atoms with Crippen molar-refractivity contribution in [3.63, 3.8) is 0 Å². The van der Waals surface area contributed by atoms with Crippen molar-refractivity contribution in [3.8, 4) is 0 Å². The van der Waals surface area contributed by atoms with Gasteiger partial charge < -0.3 is 19.5 Å². The number of benzene rings is 2. The van der Waals surface area contributed by atoms with Crippen LogP contribution in [-0.2, 0) is 20.7 Å². The van der Waals surface area contributed by atoms with Crippen LogP contribution in [0.5, 0.6) is 0 Å². The molecular weight excluding hydrogens is 418 g/mol. The van der Waals surface area contributed by atoms with Crippen molar-refractivity contribution in [1.29, 1.82) is 0 Å². The number of ether oxygens (including phenoxy) is 2. The zero-order chi connectivity index (χ0) is 23.4. The Labute approximate surface area is 194 Å². The van der Waals surface area contributed by atoms with Gasteiger partial charge in [-0.25, -0.2) is 9.59 Å². The number of aliphatic hydroxyl groups excluding tert-OH is 1. The number of hydrogen-bond acceptors (Lipinski definition) is 6. The molecule has 1 unspecified atom stereocenters. The number of esters is 2. The van der Waals surface area contributed by atoms with Crippen molar-refractivity contribution in [2.75, 3.05) is 18.6 Å². The second kappa shape index (κ2) is 9.79. The van der Waals surface area contributed by atoms with E-state index in [0.29, 0.717) is 17.7 Å². The molecule has 1 heterocycles. The highest BCUT2D eigenvalue weighted by atomic mass is 16.6. The third-order valence-electron chi connectivity index (χ3n) is 6.61. The zero-order valence-electron chi connectivity index (χ0n) is 19.3. The van der Waals surface area contributed by atoms with Gasteiger partial charge in [-0.2, -0.15) is 0 Å². The van der Waals surface area contributed by atoms with Gasteiger partial charge in [-0.15, -0.1) is 0 Å². The molecule has 4 rings (SSSR count). The van der Waals surface area contributed by atoms with E-state index in [9.17, 15) is 14.7 Å². The largest absolute Gasteiger partial charge is 0.465 e. The summed E-state index contributed by atoms with van der Waals surface area (Å²) >= 11 is 0. The minimum atomic E-state index is -1.40. The Hall–Kier alpha value is -3.12. The van der Waals surface area contributed by atoms with E-state index in [-0.39, 0.29) is 5.97 Å². The van der Waals surface area contributed by atoms with Crippen molar-refractivity contribution in [2.24, 2.45) is 0 Å². The van der Waals surface area contributed by atoms with Crippen LogP contribution in [0.2, 0.25) is 0 Å². The topological polar surface area (TPSA) is 76.1 Å². The third kappa shape index (κ3) is 5.11. The molecule has 1 aliphatic carbocycles. The molecule has 0 bridgehead atoms. The molecule has 1 aliphatic heterocycles. The molecule has 1 atom stereocenters. The minimum Gasteiger partial charge on any atom is -0.465 e. The van der Waals surface area contributed by atoms with Crippen molar-refractivity contribution in [1.82, 2.24) is 0 Å². The van der Waals surface area contributed by atoms with Crippen LogP contribution >= 0.6 is 0 Å². The number of hydrogen-bond donors (Lipinski definition) is 1. The number of anilines is 1. The van der Waals surface area contributed by atoms with E-state index in [4.69, 9.17) is 9.47 Å². The number of aliphatic hydroxyl groups is 1. The van der Waals surface area contributed by atoms with Crippen molar-refractivity contribution >= 4 is 23.2 Å². The lowest BCUT2D eigenvalue weighted by Gasteiger charge is -2.34. The molecule has 0 aromatic heterocycles. The van der Waals surface area contributed by atoms with Gasteiger partial charge in [0.05, 0.1) is 12.7 Å². The van der Waals surface area contributed by atoms with Gasteiger partial charge in [-0.05, 0) is 68.4 Å². The van der Waals surface area contributed by atoms with Crippen LogP contribution in [0.25, 0.3) is 5.57 Å². The summed E-state index contributed by atoms with van der Waals surface area (Å²) in [7, 11) is 1.37. The first-order valence-corrected chi connectivity index (χ1v) is 11.6. The molecule has 0 saturated heterocycles. The van der Waals surface area contributed by atoms with Crippen LogP contribution in [0, 0.1) is 0 Å². The predicted molar refractivity (Wildman–Crippen MR) is 127 cm³/mol. The van der Waals surface area contributed by atoms with Gasteiger partial charge in [0.2, 0.25) is 0 Å². The molecule has 2 aromatic carbocycles. The summed E-state index contributed by atoms with van der Waals surface area (Å²) in [6.45, 7) is 2.63. The first kappa shape index (κ1) is 23.1. The quantitative estimate of drug-likeness (QED) is 0.655. The van der Waals surface area contributed by atoms with Crippen molar-refractivity contribution in [2.45, 2.75) is 57.2 Å². The maximum absolute atomic E-state index is 13.0. The van der Waals surface area contributed by atoms with Gasteiger partial charge in [-0.1, -0.05) is 36.8 Å². The molecule has 174 valence electrons. The number of carbonyl (C=O) groups excluding carboxylic acids is 2. The van der Waals surface area contributed by atoms with Crippen LogP contribution in [0.1, 0.15) is 60.5 Å². The third-order valence-corrected chi connectivity index (χ3v) is 6.61. The fourth-order valence-electron chi connectivity index (χ4n) is 4.74. The Morgan fingerprint density at radius 2 is 1.79 bits per heavy atom. The lowest BCUT2D eigenvalue weighted by molar-refractivity contribution is -0.168. The SMILES string of the molecule is COC(=O)c1ccc2c(c1)CCN2/C=C(\c1ccccc1)C(O)C(=O)OC1(C)CCCCC1. The second-order valence-electron chi connectivity index (χ2n) is 9.06. The average molecular weight is 450 g/mol. The highest BCUT2D eigenvalue weighted by Crippen LogP contribution is 2.34. The fraction of sp³-hybridized carbons (Fsp3) is 0.407. The standard InChI is InChI=1S/C27H31NO5/c1-27(14-7-4-8-15-27)33-26(31)24(29)22(19-9-5-3-6-10-19)18-28-16-13-20-17-21(25(30)32-2)11-12-23(20)28/h3,5-6,9-12,17-18,24,29H,4,7-8,13-16H2,1-2H3/b22-18+. The second-order valence-corrected chi connectivity index (χ2v) is 9.06. The highest BCUT2D eigenvalue weighted by molar-refractivity contribution is 5.93. The molecule has 6 heteroatoms. The summed E-state index contributed by atoms with van der Waals surface area (Å²) in [5.41, 5.74) is 3.20. The predicted octanol–water partition coefficient (Wildman–Crippen LogP) is 4.50. The Balaban J connectivity index is 1.62. The van der Waals surface area contributed by atoms with Crippen LogP contribution in [-0.4, -0.2) is 42.4 Å². The lowest BCUT2D eigenvalue weighted by atomic mass is 9.86. The number of methoxy groups -OCH3 is 1. The van der Waals surface area contributed by atoms with Crippen LogP contribution < -0.4 is 4.90 Å². The van der Waals surface area contributed by atoms with Gasteiger partial charge in [-0.3, -0.25) is 0 Å². The van der Waals surface area contributed by atoms with Gasteiger partial charge in [0, 0.05) is 24.0 Å². The number of fused-ring (bicyclic) bond motifs is 1. The summed E-state index contributed by atoms with van der Waals surface area (Å²) in [6.07, 6.45) is 6.02. The normalized spacial score (nSPS) is 18.4. The minimum absolute atomic E-state index is 0.369. The van der Waals surface area contributed by atoms with Crippen molar-refractivity contribution in [3.05, 3.63) is 71.4 Å². The maximum Gasteiger partial charge on any atom is 0.340 e. The summed E-state index contributed by atoms with van der Waals surface area (Å²) in [5.74, 6) is -0.985. The van der Waals surface area contributed by atoms with Gasteiger partial charge >= 0.3 is 11.9 Å². The van der Waals surface area contributed by atoms with Crippen molar-refractivity contribution < 1.29 is 24.2 Å². The highest BCUT2D eigenvalue weighted by Gasteiger charge is 2.35. The van der Waals surface area contributed by atoms with Gasteiger partial charge in [0.1, 0.15) is 5.60 Å². The van der Waals surface area contributed by atoms with Gasteiger partial charge in [0.15, 0.2) is 6.10 Å². The molecule has 0 radical (unpaired) electrons. The summed E-state index contributed by atoms with van der Waals surface area (Å²) in [5, 5.41) is 11.1. The van der Waals surface area contributed by atoms with E-state index in [1.165, 1.54) is 7.11 Å². The maximum atomic E-state index is 13.0. The van der Waals surface area contributed by atoms with E-state index in [1.807, 2.05) is 60.5 Å². The molecule has 2 aliphatic rings. The Bertz CT molecular complexity index is 1040. The summed E-state index contributed by atoms with van der Waals surface area (Å²) in [6, 6.07) is 14.9. The Morgan fingerprint density at radius 3 is 2.48 bits per heavy atom. The average Bonchev–Trinajstić information content (AvgIpc) is 3.24. The molecule has 6 nitrogen and oxygen atoms in total. The number of nitrogens with zero attached hydrogens (tertiary/aromatic N) is 1. The van der Waals surface area contributed by atoms with Crippen LogP contribution in [0.15, 0.2) is 54.7 Å².